The Hall–Kier alpha value is -2.89. The quantitative estimate of drug-likeness (QED) is 0.813. The lowest BCUT2D eigenvalue weighted by Gasteiger charge is -2.27. The van der Waals surface area contributed by atoms with Gasteiger partial charge in [0.1, 0.15) is 11.9 Å². The minimum Gasteiger partial charge on any atom is -0.372 e. The molecular weight excluding hydrogens is 292 g/mol. The van der Waals surface area contributed by atoms with E-state index in [9.17, 15) is 9.59 Å². The van der Waals surface area contributed by atoms with Gasteiger partial charge >= 0.3 is 0 Å². The SMILES string of the molecule is Cc1cc2c(cc1C)NC(CC(=O)Nc1ccccn1)C(=O)N2. The first-order chi connectivity index (χ1) is 11.0. The van der Waals surface area contributed by atoms with Crippen molar-refractivity contribution in [2.24, 2.45) is 0 Å². The first-order valence-electron chi connectivity index (χ1n) is 7.42. The molecule has 3 rings (SSSR count). The van der Waals surface area contributed by atoms with Gasteiger partial charge in [0.25, 0.3) is 0 Å². The van der Waals surface area contributed by atoms with Gasteiger partial charge < -0.3 is 16.0 Å². The summed E-state index contributed by atoms with van der Waals surface area (Å²) in [4.78, 5) is 28.3. The van der Waals surface area contributed by atoms with Gasteiger partial charge in [-0.1, -0.05) is 6.07 Å². The molecule has 0 aliphatic carbocycles. The topological polar surface area (TPSA) is 83.1 Å². The summed E-state index contributed by atoms with van der Waals surface area (Å²) in [6.45, 7) is 4.00. The highest BCUT2D eigenvalue weighted by molar-refractivity contribution is 6.06. The van der Waals surface area contributed by atoms with Crippen LogP contribution in [0.15, 0.2) is 36.5 Å². The van der Waals surface area contributed by atoms with Crippen molar-refractivity contribution < 1.29 is 9.59 Å². The summed E-state index contributed by atoms with van der Waals surface area (Å²) in [6, 6.07) is 8.57. The number of fused-ring (bicyclic) bond motifs is 1. The van der Waals surface area contributed by atoms with Crippen LogP contribution in [-0.2, 0) is 9.59 Å². The van der Waals surface area contributed by atoms with Gasteiger partial charge in [0, 0.05) is 6.20 Å². The monoisotopic (exact) mass is 310 g/mol. The molecule has 1 aromatic heterocycles. The van der Waals surface area contributed by atoms with Crippen LogP contribution in [0.25, 0.3) is 0 Å². The number of aromatic nitrogens is 1. The molecule has 2 heterocycles. The zero-order valence-electron chi connectivity index (χ0n) is 13.0. The zero-order chi connectivity index (χ0) is 16.4. The Labute approximate surface area is 134 Å². The van der Waals surface area contributed by atoms with Gasteiger partial charge in [-0.25, -0.2) is 4.98 Å². The van der Waals surface area contributed by atoms with Gasteiger partial charge in [0.15, 0.2) is 0 Å². The molecule has 0 radical (unpaired) electrons. The molecule has 23 heavy (non-hydrogen) atoms. The van der Waals surface area contributed by atoms with E-state index in [1.165, 1.54) is 0 Å². The van der Waals surface area contributed by atoms with Crippen LogP contribution in [0.2, 0.25) is 0 Å². The first kappa shape index (κ1) is 15.0. The highest BCUT2D eigenvalue weighted by Crippen LogP contribution is 2.30. The number of benzene rings is 1. The Bertz CT molecular complexity index is 759. The molecule has 0 bridgehead atoms. The lowest BCUT2D eigenvalue weighted by molar-refractivity contribution is -0.122. The molecule has 1 atom stereocenters. The number of nitrogens with one attached hydrogen (secondary N) is 3. The maximum Gasteiger partial charge on any atom is 0.247 e. The summed E-state index contributed by atoms with van der Waals surface area (Å²) in [5.74, 6) is 0.00106. The van der Waals surface area contributed by atoms with Crippen LogP contribution < -0.4 is 16.0 Å². The Kier molecular flexibility index (Phi) is 3.97. The third-order valence-corrected chi connectivity index (χ3v) is 3.86. The molecule has 118 valence electrons. The summed E-state index contributed by atoms with van der Waals surface area (Å²) in [6.07, 6.45) is 1.64. The molecule has 1 aromatic carbocycles. The maximum absolute atomic E-state index is 12.2. The van der Waals surface area contributed by atoms with Crippen molar-refractivity contribution >= 4 is 29.0 Å². The molecule has 1 aliphatic rings. The van der Waals surface area contributed by atoms with Crippen molar-refractivity contribution in [3.05, 3.63) is 47.7 Å². The van der Waals surface area contributed by atoms with E-state index in [1.54, 1.807) is 24.4 Å². The van der Waals surface area contributed by atoms with E-state index in [-0.39, 0.29) is 18.2 Å². The van der Waals surface area contributed by atoms with Gasteiger partial charge in [-0.2, -0.15) is 0 Å². The normalized spacial score (nSPS) is 16.1. The molecule has 0 saturated carbocycles. The van der Waals surface area contributed by atoms with Crippen LogP contribution in [-0.4, -0.2) is 22.8 Å². The van der Waals surface area contributed by atoms with Crippen molar-refractivity contribution in [1.29, 1.82) is 0 Å². The van der Waals surface area contributed by atoms with Crippen molar-refractivity contribution in [2.75, 3.05) is 16.0 Å². The number of aryl methyl sites for hydroxylation is 2. The number of anilines is 3. The third-order valence-electron chi connectivity index (χ3n) is 3.86. The van der Waals surface area contributed by atoms with Crippen LogP contribution in [0.3, 0.4) is 0 Å². The molecule has 0 saturated heterocycles. The van der Waals surface area contributed by atoms with E-state index in [0.717, 1.165) is 22.5 Å². The Morgan fingerprint density at radius 2 is 1.96 bits per heavy atom. The summed E-state index contributed by atoms with van der Waals surface area (Å²) >= 11 is 0. The fourth-order valence-corrected chi connectivity index (χ4v) is 2.47. The van der Waals surface area contributed by atoms with Gasteiger partial charge in [-0.3, -0.25) is 9.59 Å². The summed E-state index contributed by atoms with van der Waals surface area (Å²) in [5.41, 5.74) is 3.82. The molecule has 6 nitrogen and oxygen atoms in total. The minimum absolute atomic E-state index is 0.0365. The second-order valence-corrected chi connectivity index (χ2v) is 5.64. The highest BCUT2D eigenvalue weighted by Gasteiger charge is 2.28. The molecular formula is C17H18N4O2. The number of pyridine rings is 1. The van der Waals surface area contributed by atoms with Crippen LogP contribution in [0.1, 0.15) is 17.5 Å². The van der Waals surface area contributed by atoms with Crippen LogP contribution in [0.4, 0.5) is 17.2 Å². The number of rotatable bonds is 3. The lowest BCUT2D eigenvalue weighted by Crippen LogP contribution is -2.41. The van der Waals surface area contributed by atoms with Crippen LogP contribution >= 0.6 is 0 Å². The predicted octanol–water partition coefficient (Wildman–Crippen LogP) is 2.46. The highest BCUT2D eigenvalue weighted by atomic mass is 16.2. The molecule has 6 heteroatoms. The number of carbonyl (C=O) groups is 2. The van der Waals surface area contributed by atoms with Crippen molar-refractivity contribution in [1.82, 2.24) is 4.98 Å². The standard InChI is InChI=1S/C17H18N4O2/c1-10-7-12-13(8-11(10)2)20-17(23)14(19-12)9-16(22)21-15-5-3-4-6-18-15/h3-8,14,19H,9H2,1-2H3,(H,20,23)(H,18,21,22). The summed E-state index contributed by atoms with van der Waals surface area (Å²) in [7, 11) is 0. The summed E-state index contributed by atoms with van der Waals surface area (Å²) in [5, 5.41) is 8.67. The average Bonchev–Trinajstić information content (AvgIpc) is 2.51. The lowest BCUT2D eigenvalue weighted by atomic mass is 10.0. The van der Waals surface area contributed by atoms with Gasteiger partial charge in [-0.05, 0) is 49.2 Å². The molecule has 3 N–H and O–H groups in total. The number of nitrogens with zero attached hydrogens (tertiary/aromatic N) is 1. The van der Waals surface area contributed by atoms with Gasteiger partial charge in [0.05, 0.1) is 17.8 Å². The number of amides is 2. The maximum atomic E-state index is 12.2. The second kappa shape index (κ2) is 6.08. The number of carbonyl (C=O) groups excluding carboxylic acids is 2. The van der Waals surface area contributed by atoms with Crippen LogP contribution in [0.5, 0.6) is 0 Å². The number of hydrogen-bond acceptors (Lipinski definition) is 4. The van der Waals surface area contributed by atoms with Crippen LogP contribution in [0, 0.1) is 13.8 Å². The third kappa shape index (κ3) is 3.31. The Morgan fingerprint density at radius 1 is 1.22 bits per heavy atom. The Balaban J connectivity index is 1.70. The second-order valence-electron chi connectivity index (χ2n) is 5.64. The van der Waals surface area contributed by atoms with E-state index in [1.807, 2.05) is 26.0 Å². The van der Waals surface area contributed by atoms with Gasteiger partial charge in [0.2, 0.25) is 11.8 Å². The molecule has 1 unspecified atom stereocenters. The fourth-order valence-electron chi connectivity index (χ4n) is 2.47. The van der Waals surface area contributed by atoms with Gasteiger partial charge in [-0.15, -0.1) is 0 Å². The molecule has 0 spiro atoms. The van der Waals surface area contributed by atoms with Crippen molar-refractivity contribution in [3.63, 3.8) is 0 Å². The number of hydrogen-bond donors (Lipinski definition) is 3. The van der Waals surface area contributed by atoms with E-state index >= 15 is 0 Å². The minimum atomic E-state index is -0.603. The predicted molar refractivity (Wildman–Crippen MR) is 89.4 cm³/mol. The van der Waals surface area contributed by atoms with E-state index in [0.29, 0.717) is 5.82 Å². The molecule has 0 fully saturated rings. The zero-order valence-corrected chi connectivity index (χ0v) is 13.0. The largest absolute Gasteiger partial charge is 0.372 e. The van der Waals surface area contributed by atoms with Crippen molar-refractivity contribution in [3.8, 4) is 0 Å². The summed E-state index contributed by atoms with van der Waals surface area (Å²) < 4.78 is 0. The average molecular weight is 310 g/mol. The van der Waals surface area contributed by atoms with Crippen molar-refractivity contribution in [2.45, 2.75) is 26.3 Å². The fraction of sp³-hybridized carbons (Fsp3) is 0.235. The first-order valence-corrected chi connectivity index (χ1v) is 7.42. The molecule has 2 aromatic rings. The van der Waals surface area contributed by atoms with E-state index in [2.05, 4.69) is 20.9 Å². The molecule has 2 amide bonds. The smallest absolute Gasteiger partial charge is 0.247 e. The molecule has 1 aliphatic heterocycles. The van der Waals surface area contributed by atoms with E-state index < -0.39 is 6.04 Å². The van der Waals surface area contributed by atoms with E-state index in [4.69, 9.17) is 0 Å². The Morgan fingerprint density at radius 3 is 2.65 bits per heavy atom.